The second kappa shape index (κ2) is 15.7. The Balaban J connectivity index is 4.79. The van der Waals surface area contributed by atoms with Gasteiger partial charge in [0.1, 0.15) is 0 Å². The monoisotopic (exact) mass is 426 g/mol. The topological polar surface area (TPSA) is 52.6 Å². The van der Waals surface area contributed by atoms with E-state index in [9.17, 15) is 9.59 Å². The Morgan fingerprint density at radius 3 is 1.66 bits per heavy atom. The molecular formula is C24H46O4Si. The van der Waals surface area contributed by atoms with Gasteiger partial charge >= 0.3 is 11.9 Å². The fraction of sp³-hybridized carbons (Fsp3) is 0.833. The van der Waals surface area contributed by atoms with Gasteiger partial charge in [-0.3, -0.25) is 0 Å². The Morgan fingerprint density at radius 1 is 0.724 bits per heavy atom. The second-order valence-corrected chi connectivity index (χ2v) is 13.3. The highest BCUT2D eigenvalue weighted by molar-refractivity contribution is 6.79. The van der Waals surface area contributed by atoms with Crippen molar-refractivity contribution in [1.82, 2.24) is 0 Å². The molecule has 29 heavy (non-hydrogen) atoms. The summed E-state index contributed by atoms with van der Waals surface area (Å²) < 4.78 is 11.4. The maximum absolute atomic E-state index is 12.6. The quantitative estimate of drug-likeness (QED) is 0.112. The van der Waals surface area contributed by atoms with Crippen LogP contribution in [0.5, 0.6) is 0 Å². The second-order valence-electron chi connectivity index (χ2n) is 8.47. The molecule has 170 valence electrons. The normalized spacial score (nSPS) is 16.8. The van der Waals surface area contributed by atoms with Crippen LogP contribution in [0.15, 0.2) is 12.2 Å². The van der Waals surface area contributed by atoms with E-state index in [1.54, 1.807) is 0 Å². The number of esters is 1. The van der Waals surface area contributed by atoms with Crippen molar-refractivity contribution in [3.05, 3.63) is 12.2 Å². The van der Waals surface area contributed by atoms with Crippen LogP contribution in [0.2, 0.25) is 16.6 Å². The van der Waals surface area contributed by atoms with Crippen molar-refractivity contribution >= 4 is 20.3 Å². The molecule has 0 aliphatic carbocycles. The zero-order chi connectivity index (χ0) is 22.3. The first-order valence-corrected chi connectivity index (χ1v) is 14.0. The maximum atomic E-state index is 12.6. The van der Waals surface area contributed by atoms with Crippen molar-refractivity contribution in [2.75, 3.05) is 6.61 Å². The van der Waals surface area contributed by atoms with Crippen molar-refractivity contribution in [1.29, 1.82) is 0 Å². The van der Waals surface area contributed by atoms with Crippen LogP contribution in [0, 0.1) is 0 Å². The van der Waals surface area contributed by atoms with Crippen LogP contribution in [-0.2, 0) is 18.8 Å². The van der Waals surface area contributed by atoms with Gasteiger partial charge in [0.15, 0.2) is 0 Å². The average Bonchev–Trinajstić information content (AvgIpc) is 2.73. The molecule has 0 fully saturated rings. The predicted octanol–water partition coefficient (Wildman–Crippen LogP) is 7.34. The summed E-state index contributed by atoms with van der Waals surface area (Å²) >= 11 is 0. The number of hydrogen-bond donors (Lipinski definition) is 0. The average molecular weight is 427 g/mol. The zero-order valence-electron chi connectivity index (χ0n) is 20.1. The zero-order valence-corrected chi connectivity index (χ0v) is 21.1. The largest absolute Gasteiger partial charge is 0.515 e. The number of unbranched alkanes of at least 4 members (excludes halogenated alkanes) is 5. The molecular weight excluding hydrogens is 380 g/mol. The first-order valence-electron chi connectivity index (χ1n) is 11.9. The third kappa shape index (κ3) is 9.50. The molecule has 3 unspecified atom stereocenters. The summed E-state index contributed by atoms with van der Waals surface area (Å²) in [5, 5.41) is 0. The fourth-order valence-corrected chi connectivity index (χ4v) is 10.0. The van der Waals surface area contributed by atoms with Crippen molar-refractivity contribution in [3.63, 3.8) is 0 Å². The molecule has 5 heteroatoms. The van der Waals surface area contributed by atoms with Crippen LogP contribution in [0.4, 0.5) is 0 Å². The van der Waals surface area contributed by atoms with Crippen LogP contribution in [0.25, 0.3) is 0 Å². The third-order valence-electron chi connectivity index (χ3n) is 6.52. The van der Waals surface area contributed by atoms with Gasteiger partial charge < -0.3 is 9.16 Å². The van der Waals surface area contributed by atoms with E-state index in [4.69, 9.17) is 9.16 Å². The number of hydrogen-bond acceptors (Lipinski definition) is 4. The molecule has 0 saturated heterocycles. The highest BCUT2D eigenvalue weighted by Gasteiger charge is 2.51. The molecule has 0 amide bonds. The molecule has 0 rings (SSSR count). The van der Waals surface area contributed by atoms with Crippen molar-refractivity contribution in [2.24, 2.45) is 0 Å². The van der Waals surface area contributed by atoms with E-state index in [1.807, 2.05) is 0 Å². The van der Waals surface area contributed by atoms with E-state index in [2.05, 4.69) is 48.5 Å². The molecule has 0 aromatic rings. The summed E-state index contributed by atoms with van der Waals surface area (Å²) in [7, 11) is -2.34. The summed E-state index contributed by atoms with van der Waals surface area (Å²) in [4.78, 5) is 24.5. The van der Waals surface area contributed by atoms with Crippen molar-refractivity contribution in [3.8, 4) is 0 Å². The van der Waals surface area contributed by atoms with Gasteiger partial charge in [-0.25, -0.2) is 9.59 Å². The van der Waals surface area contributed by atoms with Gasteiger partial charge in [-0.05, 0) is 23.0 Å². The standard InChI is InChI=1S/C24H46O4Si/c1-8-12-13-14-15-16-19-27-23(25)17-18-24(26)28-29(20(5)9-2,21(6)10-3)22(7)11-4/h17-18,20-22H,8-16,19H2,1-7H3/b18-17-. The number of carbonyl (C=O) groups is 2. The van der Waals surface area contributed by atoms with E-state index >= 15 is 0 Å². The van der Waals surface area contributed by atoms with Gasteiger partial charge in [0.25, 0.3) is 8.32 Å². The molecule has 0 bridgehead atoms. The molecule has 4 nitrogen and oxygen atoms in total. The lowest BCUT2D eigenvalue weighted by atomic mass is 10.1. The molecule has 0 radical (unpaired) electrons. The van der Waals surface area contributed by atoms with Crippen LogP contribution in [-0.4, -0.2) is 26.9 Å². The first kappa shape index (κ1) is 27.9. The Kier molecular flexibility index (Phi) is 15.1. The minimum Gasteiger partial charge on any atom is -0.515 e. The van der Waals surface area contributed by atoms with E-state index < -0.39 is 20.3 Å². The molecule has 0 heterocycles. The van der Waals surface area contributed by atoms with E-state index in [0.29, 0.717) is 23.2 Å². The molecule has 3 atom stereocenters. The molecule has 0 saturated carbocycles. The number of ether oxygens (including phenoxy) is 1. The Bertz CT molecular complexity index is 463. The smallest absolute Gasteiger partial charge is 0.331 e. The third-order valence-corrected chi connectivity index (χ3v) is 12.9. The van der Waals surface area contributed by atoms with Crippen molar-refractivity contribution in [2.45, 2.75) is 123 Å². The lowest BCUT2D eigenvalue weighted by Crippen LogP contribution is -2.51. The predicted molar refractivity (Wildman–Crippen MR) is 124 cm³/mol. The van der Waals surface area contributed by atoms with Gasteiger partial charge in [-0.15, -0.1) is 0 Å². The lowest BCUT2D eigenvalue weighted by molar-refractivity contribution is -0.138. The van der Waals surface area contributed by atoms with Gasteiger partial charge in [-0.2, -0.15) is 0 Å². The van der Waals surface area contributed by atoms with Gasteiger partial charge in [0.05, 0.1) is 6.61 Å². The Labute approximate surface area is 180 Å². The van der Waals surface area contributed by atoms with Crippen LogP contribution in [0.1, 0.15) is 106 Å². The van der Waals surface area contributed by atoms with Crippen molar-refractivity contribution < 1.29 is 18.8 Å². The molecule has 0 aromatic heterocycles. The summed E-state index contributed by atoms with van der Waals surface area (Å²) in [6, 6.07) is 0. The first-order chi connectivity index (χ1) is 13.8. The SMILES string of the molecule is CCCCCCCCOC(=O)/C=C\C(=O)O[Si](C(C)CC)(C(C)CC)C(C)CC. The fourth-order valence-electron chi connectivity index (χ4n) is 4.16. The minimum absolute atomic E-state index is 0.379. The highest BCUT2D eigenvalue weighted by Crippen LogP contribution is 2.47. The Morgan fingerprint density at radius 2 is 1.17 bits per heavy atom. The number of rotatable bonds is 16. The maximum Gasteiger partial charge on any atom is 0.331 e. The summed E-state index contributed by atoms with van der Waals surface area (Å²) in [5.74, 6) is -0.854. The molecule has 0 aliphatic heterocycles. The van der Waals surface area contributed by atoms with E-state index in [0.717, 1.165) is 32.1 Å². The molecule has 0 spiro atoms. The van der Waals surface area contributed by atoms with E-state index in [1.165, 1.54) is 37.8 Å². The molecule has 0 aliphatic rings. The lowest BCUT2D eigenvalue weighted by Gasteiger charge is -2.44. The summed E-state index contributed by atoms with van der Waals surface area (Å²) in [5.41, 5.74) is 1.14. The van der Waals surface area contributed by atoms with Gasteiger partial charge in [0.2, 0.25) is 0 Å². The highest BCUT2D eigenvalue weighted by atomic mass is 28.4. The molecule has 0 N–H and O–H groups in total. The summed E-state index contributed by atoms with van der Waals surface area (Å²) in [6.07, 6.45) is 12.3. The molecule has 0 aromatic carbocycles. The van der Waals surface area contributed by atoms with E-state index in [-0.39, 0.29) is 0 Å². The van der Waals surface area contributed by atoms with Crippen LogP contribution >= 0.6 is 0 Å². The minimum atomic E-state index is -2.34. The Hall–Kier alpha value is -1.10. The van der Waals surface area contributed by atoms with Gasteiger partial charge in [0, 0.05) is 12.2 Å². The van der Waals surface area contributed by atoms with Crippen LogP contribution < -0.4 is 0 Å². The summed E-state index contributed by atoms with van der Waals surface area (Å²) in [6.45, 7) is 15.8. The van der Waals surface area contributed by atoms with Crippen LogP contribution in [0.3, 0.4) is 0 Å². The number of carbonyl (C=O) groups excluding carboxylic acids is 2. The van der Waals surface area contributed by atoms with Gasteiger partial charge in [-0.1, -0.05) is 99.8 Å².